The molecule has 0 amide bonds. The molecule has 0 aliphatic carbocycles. The maximum Gasteiger partial charge on any atom is 0.233 e. The van der Waals surface area contributed by atoms with Gasteiger partial charge in [0.25, 0.3) is 0 Å². The summed E-state index contributed by atoms with van der Waals surface area (Å²) in [5.74, 6) is 0.115. The van der Waals surface area contributed by atoms with Crippen LogP contribution in [0.1, 0.15) is 19.8 Å². The normalized spacial score (nSPS) is 11.1. The van der Waals surface area contributed by atoms with Crippen LogP contribution in [-0.2, 0) is 10.0 Å². The highest BCUT2D eigenvalue weighted by molar-refractivity contribution is 8.12. The summed E-state index contributed by atoms with van der Waals surface area (Å²) in [6.07, 6.45) is 1.49. The molecule has 0 heterocycles. The van der Waals surface area contributed by atoms with Gasteiger partial charge in [-0.1, -0.05) is 25.6 Å². The Morgan fingerprint density at radius 3 is 2.55 bits per heavy atom. The van der Waals surface area contributed by atoms with Crippen molar-refractivity contribution in [2.24, 2.45) is 0 Å². The molecule has 0 saturated carbocycles. The van der Waals surface area contributed by atoms with Gasteiger partial charge in [-0.3, -0.25) is 4.72 Å². The fraction of sp³-hybridized carbons (Fsp3) is 0.800. The molecule has 0 bridgehead atoms. The van der Waals surface area contributed by atoms with Crippen LogP contribution in [0.3, 0.4) is 0 Å². The van der Waals surface area contributed by atoms with Crippen molar-refractivity contribution < 1.29 is 8.42 Å². The highest BCUT2D eigenvalue weighted by Gasteiger charge is 2.08. The van der Waals surface area contributed by atoms with Crippen LogP contribution in [0.15, 0.2) is 0 Å². The fourth-order valence-corrected chi connectivity index (χ4v) is 2.35. The molecular formula is C5H11NO2S3. The summed E-state index contributed by atoms with van der Waals surface area (Å²) < 4.78 is 24.0. The zero-order chi connectivity index (χ0) is 8.91. The van der Waals surface area contributed by atoms with E-state index in [9.17, 15) is 8.42 Å². The second-order valence-electron chi connectivity index (χ2n) is 2.08. The Bertz CT molecular complexity index is 222. The van der Waals surface area contributed by atoms with Crippen LogP contribution in [0.4, 0.5) is 0 Å². The maximum atomic E-state index is 11.0. The lowest BCUT2D eigenvalue weighted by atomic mass is 10.4. The number of rotatable bonds is 4. The molecule has 0 saturated heterocycles. The van der Waals surface area contributed by atoms with Crippen molar-refractivity contribution in [3.8, 4) is 0 Å². The van der Waals surface area contributed by atoms with E-state index in [1.54, 1.807) is 0 Å². The molecule has 0 aromatic carbocycles. The zero-order valence-corrected chi connectivity index (χ0v) is 8.73. The minimum Gasteiger partial charge on any atom is -0.268 e. The standard InChI is InChI=1S/C5H11NO2S3/c1-2-3-4-11(7,8)6-5(9)10/h2-4H2,1H3,(H2,6,9,10). The van der Waals surface area contributed by atoms with E-state index >= 15 is 0 Å². The van der Waals surface area contributed by atoms with Crippen molar-refractivity contribution in [1.29, 1.82) is 0 Å². The van der Waals surface area contributed by atoms with Gasteiger partial charge in [0, 0.05) is 0 Å². The molecule has 0 fully saturated rings. The molecule has 6 heteroatoms. The van der Waals surface area contributed by atoms with E-state index in [2.05, 4.69) is 29.6 Å². The number of nitrogens with one attached hydrogen (secondary N) is 1. The van der Waals surface area contributed by atoms with E-state index in [0.29, 0.717) is 6.42 Å². The van der Waals surface area contributed by atoms with Crippen molar-refractivity contribution in [1.82, 2.24) is 4.72 Å². The third-order valence-electron chi connectivity index (χ3n) is 1.01. The van der Waals surface area contributed by atoms with Gasteiger partial charge in [-0.05, 0) is 6.42 Å². The van der Waals surface area contributed by atoms with E-state index in [1.165, 1.54) is 0 Å². The Balaban J connectivity index is 3.92. The summed E-state index contributed by atoms with van der Waals surface area (Å²) in [6, 6.07) is 0. The lowest BCUT2D eigenvalue weighted by Crippen LogP contribution is -2.28. The summed E-state index contributed by atoms with van der Waals surface area (Å²) in [7, 11) is -3.21. The fourth-order valence-electron chi connectivity index (χ4n) is 0.518. The first-order chi connectivity index (χ1) is 4.98. The number of thiocarbonyl (C=S) groups is 1. The van der Waals surface area contributed by atoms with E-state index in [4.69, 9.17) is 0 Å². The highest BCUT2D eigenvalue weighted by atomic mass is 32.2. The van der Waals surface area contributed by atoms with Crippen molar-refractivity contribution in [2.45, 2.75) is 19.8 Å². The van der Waals surface area contributed by atoms with Crippen LogP contribution in [0.25, 0.3) is 0 Å². The summed E-state index contributed by atoms with van der Waals surface area (Å²) in [6.45, 7) is 1.93. The molecule has 11 heavy (non-hydrogen) atoms. The first-order valence-corrected chi connectivity index (χ1v) is 5.72. The molecule has 3 nitrogen and oxygen atoms in total. The zero-order valence-electron chi connectivity index (χ0n) is 6.20. The monoisotopic (exact) mass is 213 g/mol. The molecule has 0 aromatic heterocycles. The third kappa shape index (κ3) is 6.58. The summed E-state index contributed by atoms with van der Waals surface area (Å²) in [4.78, 5) is 0. The predicted octanol–water partition coefficient (Wildman–Crippen LogP) is 0.921. The number of sulfonamides is 1. The van der Waals surface area contributed by atoms with Crippen LogP contribution in [0.2, 0.25) is 0 Å². The molecular weight excluding hydrogens is 202 g/mol. The first-order valence-electron chi connectivity index (χ1n) is 3.21. The molecule has 0 rings (SSSR count). The lowest BCUT2D eigenvalue weighted by Gasteiger charge is -2.03. The Kier molecular flexibility index (Phi) is 5.03. The number of hydrogen-bond acceptors (Lipinski definition) is 3. The van der Waals surface area contributed by atoms with Gasteiger partial charge >= 0.3 is 0 Å². The van der Waals surface area contributed by atoms with Gasteiger partial charge in [0.2, 0.25) is 10.0 Å². The second kappa shape index (κ2) is 4.95. The topological polar surface area (TPSA) is 46.2 Å². The SMILES string of the molecule is CCCCS(=O)(=O)NC(=S)S. The van der Waals surface area contributed by atoms with Crippen LogP contribution in [0, 0.1) is 0 Å². The van der Waals surface area contributed by atoms with Gasteiger partial charge < -0.3 is 0 Å². The molecule has 66 valence electrons. The Labute approximate surface area is 78.0 Å². The Hall–Kier alpha value is 0.190. The Morgan fingerprint density at radius 2 is 2.18 bits per heavy atom. The smallest absolute Gasteiger partial charge is 0.233 e. The summed E-state index contributed by atoms with van der Waals surface area (Å²) in [5, 5.41) is 0. The molecule has 0 atom stereocenters. The van der Waals surface area contributed by atoms with Crippen LogP contribution < -0.4 is 4.72 Å². The van der Waals surface area contributed by atoms with Gasteiger partial charge in [0.1, 0.15) is 4.32 Å². The third-order valence-corrected chi connectivity index (χ3v) is 2.85. The summed E-state index contributed by atoms with van der Waals surface area (Å²) >= 11 is 8.12. The molecule has 0 aromatic rings. The van der Waals surface area contributed by atoms with Gasteiger partial charge in [-0.25, -0.2) is 8.42 Å². The van der Waals surface area contributed by atoms with Crippen molar-refractivity contribution in [2.75, 3.05) is 5.75 Å². The lowest BCUT2D eigenvalue weighted by molar-refractivity contribution is 0.590. The maximum absolute atomic E-state index is 11.0. The van der Waals surface area contributed by atoms with Crippen molar-refractivity contribution in [3.63, 3.8) is 0 Å². The minimum atomic E-state index is -3.21. The quantitative estimate of drug-likeness (QED) is 0.539. The number of hydrogen-bond donors (Lipinski definition) is 2. The first kappa shape index (κ1) is 11.2. The minimum absolute atomic E-state index is 0.00102. The van der Waals surface area contributed by atoms with E-state index in [0.717, 1.165) is 6.42 Å². The van der Waals surface area contributed by atoms with Crippen LogP contribution in [0.5, 0.6) is 0 Å². The van der Waals surface area contributed by atoms with E-state index in [-0.39, 0.29) is 10.1 Å². The van der Waals surface area contributed by atoms with E-state index < -0.39 is 10.0 Å². The average Bonchev–Trinajstić information content (AvgIpc) is 1.81. The summed E-state index contributed by atoms with van der Waals surface area (Å²) in [5.41, 5.74) is 0. The van der Waals surface area contributed by atoms with Gasteiger partial charge in [0.15, 0.2) is 0 Å². The van der Waals surface area contributed by atoms with Gasteiger partial charge in [-0.2, -0.15) is 0 Å². The highest BCUT2D eigenvalue weighted by Crippen LogP contribution is 1.94. The molecule has 0 unspecified atom stereocenters. The molecule has 0 aliphatic rings. The molecule has 1 N–H and O–H groups in total. The average molecular weight is 213 g/mol. The molecule has 0 aliphatic heterocycles. The van der Waals surface area contributed by atoms with Crippen molar-refractivity contribution >= 4 is 39.2 Å². The van der Waals surface area contributed by atoms with Gasteiger partial charge in [0.05, 0.1) is 5.75 Å². The predicted molar refractivity (Wildman–Crippen MR) is 53.4 cm³/mol. The number of unbranched alkanes of at least 4 members (excludes halogenated alkanes) is 1. The van der Waals surface area contributed by atoms with Crippen LogP contribution >= 0.6 is 24.8 Å². The second-order valence-corrected chi connectivity index (χ2v) is 5.08. The molecule has 0 spiro atoms. The van der Waals surface area contributed by atoms with Gasteiger partial charge in [-0.15, -0.1) is 12.6 Å². The molecule has 0 radical (unpaired) electrons. The number of thiol groups is 1. The largest absolute Gasteiger partial charge is 0.268 e. The van der Waals surface area contributed by atoms with Crippen molar-refractivity contribution in [3.05, 3.63) is 0 Å². The Morgan fingerprint density at radius 1 is 1.64 bits per heavy atom. The van der Waals surface area contributed by atoms with E-state index in [1.807, 2.05) is 6.92 Å². The van der Waals surface area contributed by atoms with Crippen LogP contribution in [-0.4, -0.2) is 18.5 Å².